The Morgan fingerprint density at radius 2 is 1.75 bits per heavy atom. The van der Waals surface area contributed by atoms with Gasteiger partial charge in [0.25, 0.3) is 0 Å². The Morgan fingerprint density at radius 1 is 1.08 bits per heavy atom. The summed E-state index contributed by atoms with van der Waals surface area (Å²) in [7, 11) is 1.61. The predicted molar refractivity (Wildman–Crippen MR) is 91.4 cm³/mol. The third-order valence-electron chi connectivity index (χ3n) is 3.15. The normalized spacial score (nSPS) is 12.1. The van der Waals surface area contributed by atoms with Crippen LogP contribution in [0.25, 0.3) is 11.5 Å². The van der Waals surface area contributed by atoms with Gasteiger partial charge in [-0.15, -0.1) is 10.2 Å². The average molecular weight is 344 g/mol. The van der Waals surface area contributed by atoms with Crippen molar-refractivity contribution < 1.29 is 9.15 Å². The van der Waals surface area contributed by atoms with Gasteiger partial charge in [-0.2, -0.15) is 0 Å². The summed E-state index contributed by atoms with van der Waals surface area (Å²) in [5.74, 6) is 2.31. The first-order chi connectivity index (χ1) is 11.5. The van der Waals surface area contributed by atoms with E-state index in [1.54, 1.807) is 7.11 Å². The van der Waals surface area contributed by atoms with Gasteiger partial charge in [0.2, 0.25) is 11.8 Å². The molecular formula is C15H16N6O2S. The molecule has 9 heteroatoms. The zero-order chi connectivity index (χ0) is 17.1. The summed E-state index contributed by atoms with van der Waals surface area (Å²) in [5.41, 5.74) is 12.2. The molecule has 3 aromatic rings. The molecule has 2 heterocycles. The number of nitrogens with two attached hydrogens (primary N) is 2. The predicted octanol–water partition coefficient (Wildman–Crippen LogP) is 2.55. The van der Waals surface area contributed by atoms with E-state index < -0.39 is 0 Å². The van der Waals surface area contributed by atoms with Crippen molar-refractivity contribution in [1.82, 2.24) is 20.2 Å². The molecule has 24 heavy (non-hydrogen) atoms. The van der Waals surface area contributed by atoms with Crippen molar-refractivity contribution in [2.45, 2.75) is 17.3 Å². The number of benzene rings is 1. The van der Waals surface area contributed by atoms with Crippen molar-refractivity contribution in [3.05, 3.63) is 36.2 Å². The average Bonchev–Trinajstić information content (AvgIpc) is 3.04. The van der Waals surface area contributed by atoms with Gasteiger partial charge in [0.1, 0.15) is 17.4 Å². The molecule has 0 saturated carbocycles. The van der Waals surface area contributed by atoms with Crippen LogP contribution < -0.4 is 16.2 Å². The summed E-state index contributed by atoms with van der Waals surface area (Å²) in [4.78, 5) is 8.26. The minimum Gasteiger partial charge on any atom is -0.497 e. The number of ether oxygens (including phenoxy) is 1. The van der Waals surface area contributed by atoms with Crippen molar-refractivity contribution >= 4 is 23.4 Å². The van der Waals surface area contributed by atoms with Crippen molar-refractivity contribution in [2.24, 2.45) is 0 Å². The lowest BCUT2D eigenvalue weighted by molar-refractivity contribution is 0.415. The van der Waals surface area contributed by atoms with Crippen LogP contribution in [-0.4, -0.2) is 27.3 Å². The van der Waals surface area contributed by atoms with E-state index in [4.69, 9.17) is 20.6 Å². The maximum atomic E-state index is 5.74. The molecule has 4 N–H and O–H groups in total. The molecule has 1 atom stereocenters. The lowest BCUT2D eigenvalue weighted by atomic mass is 10.2. The van der Waals surface area contributed by atoms with Crippen molar-refractivity contribution in [2.75, 3.05) is 18.6 Å². The highest BCUT2D eigenvalue weighted by atomic mass is 32.2. The maximum Gasteiger partial charge on any atom is 0.247 e. The van der Waals surface area contributed by atoms with Gasteiger partial charge in [-0.25, -0.2) is 9.97 Å². The number of nitrogens with zero attached hydrogens (tertiary/aromatic N) is 4. The number of anilines is 2. The van der Waals surface area contributed by atoms with E-state index in [0.717, 1.165) is 11.3 Å². The molecule has 0 radical (unpaired) electrons. The quantitative estimate of drug-likeness (QED) is 0.530. The van der Waals surface area contributed by atoms with Crippen LogP contribution in [0.15, 0.2) is 39.9 Å². The molecule has 0 spiro atoms. The molecule has 0 bridgehead atoms. The molecule has 0 aliphatic carbocycles. The molecule has 3 rings (SSSR count). The number of nitrogen functional groups attached to an aromatic ring is 2. The van der Waals surface area contributed by atoms with Gasteiger partial charge in [0.05, 0.1) is 12.4 Å². The van der Waals surface area contributed by atoms with Crippen molar-refractivity contribution in [3.63, 3.8) is 0 Å². The van der Waals surface area contributed by atoms with Crippen LogP contribution >= 0.6 is 11.8 Å². The van der Waals surface area contributed by atoms with E-state index in [1.807, 2.05) is 31.2 Å². The van der Waals surface area contributed by atoms with E-state index in [0.29, 0.717) is 28.6 Å². The summed E-state index contributed by atoms with van der Waals surface area (Å²) >= 11 is 1.34. The summed E-state index contributed by atoms with van der Waals surface area (Å²) in [6.07, 6.45) is 0. The number of methoxy groups -OCH3 is 1. The van der Waals surface area contributed by atoms with Gasteiger partial charge in [0, 0.05) is 11.6 Å². The van der Waals surface area contributed by atoms with E-state index in [-0.39, 0.29) is 5.25 Å². The fourth-order valence-corrected chi connectivity index (χ4v) is 2.80. The molecule has 2 aromatic heterocycles. The Morgan fingerprint density at radius 3 is 2.38 bits per heavy atom. The molecule has 0 aliphatic rings. The lowest BCUT2D eigenvalue weighted by Crippen LogP contribution is -2.00. The Hall–Kier alpha value is -2.81. The smallest absolute Gasteiger partial charge is 0.247 e. The Bertz CT molecular complexity index is 816. The van der Waals surface area contributed by atoms with Gasteiger partial charge in [-0.3, -0.25) is 0 Å². The third kappa shape index (κ3) is 3.57. The zero-order valence-corrected chi connectivity index (χ0v) is 13.9. The highest BCUT2D eigenvalue weighted by molar-refractivity contribution is 7.99. The van der Waals surface area contributed by atoms with E-state index in [2.05, 4.69) is 20.2 Å². The maximum absolute atomic E-state index is 5.74. The SMILES string of the molecule is COc1ccc(-c2nnc(C(C)Sc3nc(N)cc(N)n3)o2)cc1. The molecule has 0 amide bonds. The molecule has 0 aliphatic heterocycles. The fourth-order valence-electron chi connectivity index (χ4n) is 1.97. The summed E-state index contributed by atoms with van der Waals surface area (Å²) < 4.78 is 10.9. The summed E-state index contributed by atoms with van der Waals surface area (Å²) in [6, 6.07) is 8.88. The van der Waals surface area contributed by atoms with Crippen LogP contribution in [0.5, 0.6) is 5.75 Å². The summed E-state index contributed by atoms with van der Waals surface area (Å²) in [5, 5.41) is 8.48. The first kappa shape index (κ1) is 16.1. The van der Waals surface area contributed by atoms with Crippen LogP contribution in [0.1, 0.15) is 18.1 Å². The Kier molecular flexibility index (Phi) is 4.52. The number of thioether (sulfide) groups is 1. The molecular weight excluding hydrogens is 328 g/mol. The minimum atomic E-state index is -0.148. The van der Waals surface area contributed by atoms with Crippen LogP contribution in [0.2, 0.25) is 0 Å². The molecule has 0 fully saturated rings. The van der Waals surface area contributed by atoms with Crippen LogP contribution in [-0.2, 0) is 0 Å². The van der Waals surface area contributed by atoms with Gasteiger partial charge in [-0.05, 0) is 31.2 Å². The summed E-state index contributed by atoms with van der Waals surface area (Å²) in [6.45, 7) is 1.92. The Balaban J connectivity index is 1.76. The molecule has 124 valence electrons. The number of hydrogen-bond donors (Lipinski definition) is 2. The molecule has 0 saturated heterocycles. The molecule has 8 nitrogen and oxygen atoms in total. The monoisotopic (exact) mass is 344 g/mol. The fraction of sp³-hybridized carbons (Fsp3) is 0.200. The van der Waals surface area contributed by atoms with E-state index >= 15 is 0 Å². The standard InChI is InChI=1S/C15H16N6O2S/c1-8(24-15-18-11(16)7-12(17)19-15)13-20-21-14(23-13)9-3-5-10(22-2)6-4-9/h3-8H,1-2H3,(H4,16,17,18,19). The zero-order valence-electron chi connectivity index (χ0n) is 13.1. The highest BCUT2D eigenvalue weighted by Crippen LogP contribution is 2.34. The van der Waals surface area contributed by atoms with E-state index in [9.17, 15) is 0 Å². The number of hydrogen-bond acceptors (Lipinski definition) is 9. The Labute approximate surface area is 142 Å². The first-order valence-corrected chi connectivity index (χ1v) is 7.97. The second-order valence-electron chi connectivity index (χ2n) is 4.93. The molecule has 1 aromatic carbocycles. The third-order valence-corrected chi connectivity index (χ3v) is 4.10. The minimum absolute atomic E-state index is 0.148. The van der Waals surface area contributed by atoms with Crippen molar-refractivity contribution in [1.29, 1.82) is 0 Å². The molecule has 1 unspecified atom stereocenters. The largest absolute Gasteiger partial charge is 0.497 e. The highest BCUT2D eigenvalue weighted by Gasteiger charge is 2.18. The second-order valence-corrected chi connectivity index (χ2v) is 6.24. The topological polar surface area (TPSA) is 126 Å². The van der Waals surface area contributed by atoms with Gasteiger partial charge < -0.3 is 20.6 Å². The van der Waals surface area contributed by atoms with E-state index in [1.165, 1.54) is 17.8 Å². The van der Waals surface area contributed by atoms with Crippen LogP contribution in [0.3, 0.4) is 0 Å². The van der Waals surface area contributed by atoms with Gasteiger partial charge in [0.15, 0.2) is 5.16 Å². The number of rotatable bonds is 5. The lowest BCUT2D eigenvalue weighted by Gasteiger charge is -2.06. The van der Waals surface area contributed by atoms with Crippen LogP contribution in [0, 0.1) is 0 Å². The van der Waals surface area contributed by atoms with Gasteiger partial charge >= 0.3 is 0 Å². The first-order valence-electron chi connectivity index (χ1n) is 7.09. The van der Waals surface area contributed by atoms with Crippen molar-refractivity contribution in [3.8, 4) is 17.2 Å². The number of aromatic nitrogens is 4. The van der Waals surface area contributed by atoms with Crippen LogP contribution in [0.4, 0.5) is 11.6 Å². The van der Waals surface area contributed by atoms with Gasteiger partial charge in [-0.1, -0.05) is 11.8 Å². The second kappa shape index (κ2) is 6.75.